The van der Waals surface area contributed by atoms with E-state index in [2.05, 4.69) is 5.32 Å². The van der Waals surface area contributed by atoms with E-state index in [1.807, 2.05) is 6.92 Å². The molecule has 5 nitrogen and oxygen atoms in total. The minimum Gasteiger partial charge on any atom is -0.481 e. The molecular formula is C15H18Cl2N2O3. The Kier molecular flexibility index (Phi) is 5.53. The summed E-state index contributed by atoms with van der Waals surface area (Å²) in [7, 11) is 0. The van der Waals surface area contributed by atoms with Gasteiger partial charge in [0.25, 0.3) is 0 Å². The summed E-state index contributed by atoms with van der Waals surface area (Å²) >= 11 is 11.9. The number of piperidine rings is 1. The Bertz CT molecular complexity index is 580. The molecule has 1 fully saturated rings. The third-order valence-corrected chi connectivity index (χ3v) is 4.58. The fourth-order valence-corrected chi connectivity index (χ4v) is 2.81. The number of rotatable bonds is 3. The Balaban J connectivity index is 1.98. The van der Waals surface area contributed by atoms with Gasteiger partial charge in [0.2, 0.25) is 0 Å². The molecule has 1 aliphatic heterocycles. The normalized spacial score (nSPS) is 19.6. The van der Waals surface area contributed by atoms with Gasteiger partial charge in [-0.05, 0) is 37.5 Å². The van der Waals surface area contributed by atoms with Crippen LogP contribution in [-0.4, -0.2) is 35.1 Å². The predicted molar refractivity (Wildman–Crippen MR) is 85.3 cm³/mol. The van der Waals surface area contributed by atoms with Gasteiger partial charge in [0.05, 0.1) is 22.0 Å². The lowest BCUT2D eigenvalue weighted by molar-refractivity contribution is -0.143. The molecule has 1 heterocycles. The van der Waals surface area contributed by atoms with Crippen LogP contribution in [-0.2, 0) is 4.79 Å². The quantitative estimate of drug-likeness (QED) is 0.880. The highest BCUT2D eigenvalue weighted by molar-refractivity contribution is 6.42. The molecule has 0 spiro atoms. The molecule has 2 N–H and O–H groups in total. The van der Waals surface area contributed by atoms with E-state index in [1.165, 1.54) is 0 Å². The van der Waals surface area contributed by atoms with Gasteiger partial charge in [-0.1, -0.05) is 29.3 Å². The molecule has 1 saturated heterocycles. The number of carbonyl (C=O) groups is 2. The van der Waals surface area contributed by atoms with Gasteiger partial charge in [0.1, 0.15) is 0 Å². The Morgan fingerprint density at radius 2 is 2.09 bits per heavy atom. The van der Waals surface area contributed by atoms with Gasteiger partial charge in [-0.25, -0.2) is 4.79 Å². The first kappa shape index (κ1) is 16.9. The first-order valence-corrected chi connectivity index (χ1v) is 7.87. The molecule has 0 saturated carbocycles. The van der Waals surface area contributed by atoms with E-state index < -0.39 is 11.9 Å². The molecule has 2 rings (SSSR count). The predicted octanol–water partition coefficient (Wildman–Crippen LogP) is 3.56. The summed E-state index contributed by atoms with van der Waals surface area (Å²) in [6, 6.07) is 4.70. The number of carbonyl (C=O) groups excluding carboxylic acids is 1. The Morgan fingerprint density at radius 1 is 1.36 bits per heavy atom. The highest BCUT2D eigenvalue weighted by Crippen LogP contribution is 2.26. The summed E-state index contributed by atoms with van der Waals surface area (Å²) in [5.41, 5.74) is 0.842. The fourth-order valence-electron chi connectivity index (χ4n) is 2.50. The van der Waals surface area contributed by atoms with Gasteiger partial charge in [0, 0.05) is 13.1 Å². The second kappa shape index (κ2) is 7.20. The maximum absolute atomic E-state index is 12.3. The Morgan fingerprint density at radius 3 is 2.73 bits per heavy atom. The van der Waals surface area contributed by atoms with Crippen molar-refractivity contribution in [2.75, 3.05) is 13.1 Å². The van der Waals surface area contributed by atoms with Crippen LogP contribution in [0.1, 0.15) is 31.4 Å². The molecule has 120 valence electrons. The molecule has 0 bridgehead atoms. The topological polar surface area (TPSA) is 69.6 Å². The van der Waals surface area contributed by atoms with Gasteiger partial charge in [-0.2, -0.15) is 0 Å². The number of carboxylic acids is 1. The summed E-state index contributed by atoms with van der Waals surface area (Å²) in [6.45, 7) is 2.66. The largest absolute Gasteiger partial charge is 0.481 e. The number of hydrogen-bond donors (Lipinski definition) is 2. The zero-order valence-corrected chi connectivity index (χ0v) is 13.7. The maximum atomic E-state index is 12.3. The number of urea groups is 1. The number of carboxylic acid groups (broad SMARTS) is 1. The zero-order chi connectivity index (χ0) is 16.3. The third kappa shape index (κ3) is 4.05. The van der Waals surface area contributed by atoms with Crippen LogP contribution in [0.15, 0.2) is 18.2 Å². The molecule has 2 amide bonds. The van der Waals surface area contributed by atoms with Crippen LogP contribution in [0, 0.1) is 5.92 Å². The number of amides is 2. The van der Waals surface area contributed by atoms with E-state index in [0.717, 1.165) is 5.56 Å². The van der Waals surface area contributed by atoms with Crippen LogP contribution >= 0.6 is 23.2 Å². The molecule has 0 radical (unpaired) electrons. The van der Waals surface area contributed by atoms with E-state index in [-0.39, 0.29) is 18.6 Å². The summed E-state index contributed by atoms with van der Waals surface area (Å²) in [5.74, 6) is -1.34. The van der Waals surface area contributed by atoms with Crippen LogP contribution in [0.25, 0.3) is 0 Å². The molecule has 0 aliphatic carbocycles. The van der Waals surface area contributed by atoms with Crippen molar-refractivity contribution in [3.8, 4) is 0 Å². The first-order valence-electron chi connectivity index (χ1n) is 7.11. The molecule has 2 unspecified atom stereocenters. The number of nitrogens with zero attached hydrogens (tertiary/aromatic N) is 1. The Hall–Kier alpha value is -1.46. The first-order chi connectivity index (χ1) is 10.4. The second-order valence-electron chi connectivity index (χ2n) is 5.47. The van der Waals surface area contributed by atoms with Crippen molar-refractivity contribution < 1.29 is 14.7 Å². The van der Waals surface area contributed by atoms with Crippen molar-refractivity contribution in [3.63, 3.8) is 0 Å². The SMILES string of the molecule is CC(NC(=O)N1CCCC(C(=O)O)C1)c1ccc(Cl)c(Cl)c1. The minimum atomic E-state index is -0.852. The number of nitrogens with one attached hydrogen (secondary N) is 1. The third-order valence-electron chi connectivity index (χ3n) is 3.84. The number of likely N-dealkylation sites (tertiary alicyclic amines) is 1. The number of aliphatic carboxylic acids is 1. The van der Waals surface area contributed by atoms with Crippen molar-refractivity contribution in [2.45, 2.75) is 25.8 Å². The lowest BCUT2D eigenvalue weighted by atomic mass is 9.98. The van der Waals surface area contributed by atoms with E-state index in [9.17, 15) is 9.59 Å². The molecule has 22 heavy (non-hydrogen) atoms. The van der Waals surface area contributed by atoms with Crippen LogP contribution in [0.3, 0.4) is 0 Å². The molecule has 1 aromatic rings. The monoisotopic (exact) mass is 344 g/mol. The van der Waals surface area contributed by atoms with Crippen LogP contribution < -0.4 is 5.32 Å². The number of halogens is 2. The molecule has 0 aromatic heterocycles. The molecule has 1 aromatic carbocycles. The summed E-state index contributed by atoms with van der Waals surface area (Å²) in [4.78, 5) is 24.9. The van der Waals surface area contributed by atoms with Gasteiger partial charge in [0.15, 0.2) is 0 Å². The van der Waals surface area contributed by atoms with Gasteiger partial charge >= 0.3 is 12.0 Å². The van der Waals surface area contributed by atoms with Crippen molar-refractivity contribution in [1.82, 2.24) is 10.2 Å². The van der Waals surface area contributed by atoms with Gasteiger partial charge in [-0.15, -0.1) is 0 Å². The zero-order valence-electron chi connectivity index (χ0n) is 12.2. The standard InChI is InChI=1S/C15H18Cl2N2O3/c1-9(10-4-5-12(16)13(17)7-10)18-15(22)19-6-2-3-11(8-19)14(20)21/h4-5,7,9,11H,2-3,6,8H2,1H3,(H,18,22)(H,20,21). The summed E-state index contributed by atoms with van der Waals surface area (Å²) in [6.07, 6.45) is 1.31. The molecule has 2 atom stereocenters. The van der Waals surface area contributed by atoms with Crippen molar-refractivity contribution in [1.29, 1.82) is 0 Å². The lowest BCUT2D eigenvalue weighted by Crippen LogP contribution is -2.47. The lowest BCUT2D eigenvalue weighted by Gasteiger charge is -2.31. The smallest absolute Gasteiger partial charge is 0.317 e. The number of benzene rings is 1. The average molecular weight is 345 g/mol. The average Bonchev–Trinajstić information content (AvgIpc) is 2.50. The molecule has 7 heteroatoms. The van der Waals surface area contributed by atoms with Crippen molar-refractivity contribution >= 4 is 35.2 Å². The van der Waals surface area contributed by atoms with Gasteiger partial charge in [-0.3, -0.25) is 4.79 Å². The van der Waals surface area contributed by atoms with Crippen LogP contribution in [0.2, 0.25) is 10.0 Å². The van der Waals surface area contributed by atoms with Crippen molar-refractivity contribution in [3.05, 3.63) is 33.8 Å². The van der Waals surface area contributed by atoms with E-state index >= 15 is 0 Å². The summed E-state index contributed by atoms with van der Waals surface area (Å²) < 4.78 is 0. The van der Waals surface area contributed by atoms with Crippen molar-refractivity contribution in [2.24, 2.45) is 5.92 Å². The second-order valence-corrected chi connectivity index (χ2v) is 6.28. The van der Waals surface area contributed by atoms with Crippen LogP contribution in [0.4, 0.5) is 4.79 Å². The van der Waals surface area contributed by atoms with E-state index in [1.54, 1.807) is 23.1 Å². The fraction of sp³-hybridized carbons (Fsp3) is 0.467. The molecular weight excluding hydrogens is 327 g/mol. The maximum Gasteiger partial charge on any atom is 0.317 e. The highest BCUT2D eigenvalue weighted by atomic mass is 35.5. The minimum absolute atomic E-state index is 0.243. The Labute approximate surface area is 139 Å². The highest BCUT2D eigenvalue weighted by Gasteiger charge is 2.28. The van der Waals surface area contributed by atoms with Crippen LogP contribution in [0.5, 0.6) is 0 Å². The molecule has 1 aliphatic rings. The van der Waals surface area contributed by atoms with Gasteiger partial charge < -0.3 is 15.3 Å². The summed E-state index contributed by atoms with van der Waals surface area (Å²) in [5, 5.41) is 12.8. The number of hydrogen-bond acceptors (Lipinski definition) is 2. The van der Waals surface area contributed by atoms with E-state index in [0.29, 0.717) is 29.4 Å². The van der Waals surface area contributed by atoms with E-state index in [4.69, 9.17) is 28.3 Å².